The number of morpholine rings is 1. The minimum atomic E-state index is -0.401. The molecule has 1 aliphatic heterocycles. The van der Waals surface area contributed by atoms with Crippen LogP contribution in [-0.2, 0) is 4.74 Å². The Morgan fingerprint density at radius 2 is 1.83 bits per heavy atom. The van der Waals surface area contributed by atoms with Crippen LogP contribution in [0.5, 0.6) is 0 Å². The van der Waals surface area contributed by atoms with E-state index in [1.165, 1.54) is 4.90 Å². The number of urea groups is 1. The van der Waals surface area contributed by atoms with Crippen molar-refractivity contribution in [1.82, 2.24) is 24.2 Å². The third-order valence-electron chi connectivity index (χ3n) is 6.97. The molecule has 4 heterocycles. The number of fused-ring (bicyclic) bond motifs is 1. The van der Waals surface area contributed by atoms with Crippen LogP contribution < -0.4 is 10.6 Å². The predicted molar refractivity (Wildman–Crippen MR) is 154 cm³/mol. The molecule has 0 unspecified atom stereocenters. The predicted octanol–water partition coefficient (Wildman–Crippen LogP) is 2.74. The van der Waals surface area contributed by atoms with Gasteiger partial charge in [-0.2, -0.15) is 0 Å². The van der Waals surface area contributed by atoms with Gasteiger partial charge in [0.25, 0.3) is 5.91 Å². The summed E-state index contributed by atoms with van der Waals surface area (Å²) in [5.74, 6) is 0.499. The number of nitrogens with one attached hydrogen (secondary N) is 2. The van der Waals surface area contributed by atoms with Crippen LogP contribution in [0.3, 0.4) is 0 Å². The molecule has 1 saturated heterocycles. The van der Waals surface area contributed by atoms with Gasteiger partial charge in [0, 0.05) is 62.2 Å². The second-order valence-electron chi connectivity index (χ2n) is 9.60. The van der Waals surface area contributed by atoms with Crippen molar-refractivity contribution in [3.63, 3.8) is 0 Å². The van der Waals surface area contributed by atoms with Crippen LogP contribution in [0.2, 0.25) is 0 Å². The zero-order valence-electron chi connectivity index (χ0n) is 22.8. The molecule has 1 fully saturated rings. The Hall–Kier alpha value is -4.52. The first kappa shape index (κ1) is 28.0. The molecular weight excluding hydrogens is 526 g/mol. The van der Waals surface area contributed by atoms with Crippen molar-refractivity contribution in [2.75, 3.05) is 63.2 Å². The van der Waals surface area contributed by atoms with E-state index in [0.717, 1.165) is 22.4 Å². The molecule has 12 nitrogen and oxygen atoms in total. The summed E-state index contributed by atoms with van der Waals surface area (Å²) in [5, 5.41) is 24.8. The van der Waals surface area contributed by atoms with Crippen LogP contribution in [0, 0.1) is 6.92 Å². The van der Waals surface area contributed by atoms with Crippen molar-refractivity contribution in [2.24, 2.45) is 0 Å². The third-order valence-corrected chi connectivity index (χ3v) is 6.97. The van der Waals surface area contributed by atoms with Crippen LogP contribution in [0.15, 0.2) is 61.2 Å². The normalized spacial score (nSPS) is 13.3. The lowest BCUT2D eigenvalue weighted by atomic mass is 10.00. The topological polar surface area (TPSA) is 145 Å². The maximum Gasteiger partial charge on any atom is 0.322 e. The van der Waals surface area contributed by atoms with E-state index in [9.17, 15) is 19.8 Å². The molecular formula is C29H33N7O5. The first-order valence-corrected chi connectivity index (χ1v) is 13.4. The van der Waals surface area contributed by atoms with Crippen LogP contribution in [0.1, 0.15) is 15.9 Å². The average molecular weight is 560 g/mol. The van der Waals surface area contributed by atoms with Crippen molar-refractivity contribution >= 4 is 34.8 Å². The summed E-state index contributed by atoms with van der Waals surface area (Å²) in [5.41, 5.74) is 5.19. The van der Waals surface area contributed by atoms with Crippen molar-refractivity contribution in [1.29, 1.82) is 0 Å². The van der Waals surface area contributed by atoms with E-state index in [4.69, 9.17) is 4.74 Å². The van der Waals surface area contributed by atoms with E-state index in [0.29, 0.717) is 49.0 Å². The molecule has 4 N–H and O–H groups in total. The minimum absolute atomic E-state index is 0.0664. The number of imidazole rings is 1. The molecule has 41 heavy (non-hydrogen) atoms. The molecule has 0 bridgehead atoms. The van der Waals surface area contributed by atoms with Crippen LogP contribution in [0.25, 0.3) is 16.8 Å². The van der Waals surface area contributed by atoms with Gasteiger partial charge in [-0.1, -0.05) is 12.1 Å². The number of aliphatic hydroxyl groups excluding tert-OH is 2. The smallest absolute Gasteiger partial charge is 0.322 e. The largest absolute Gasteiger partial charge is 0.395 e. The van der Waals surface area contributed by atoms with E-state index < -0.39 is 6.03 Å². The summed E-state index contributed by atoms with van der Waals surface area (Å²) in [4.78, 5) is 37.7. The van der Waals surface area contributed by atoms with Gasteiger partial charge in [0.05, 0.1) is 37.7 Å². The van der Waals surface area contributed by atoms with E-state index in [2.05, 4.69) is 20.6 Å². The van der Waals surface area contributed by atoms with Crippen LogP contribution in [-0.4, -0.2) is 98.9 Å². The molecule has 0 aliphatic carbocycles. The molecule has 4 aromatic rings. The molecule has 1 aliphatic rings. The maximum atomic E-state index is 12.8. The Morgan fingerprint density at radius 3 is 2.54 bits per heavy atom. The molecule has 214 valence electrons. The standard InChI is InChI=1S/C29H33N7O5/c1-20-23(3-2-4-24(20)33-29(40)35(9-13-37)10-14-38)22-17-25(27-30-7-8-36(27)19-22)32-26-6-5-21(18-31-26)28(39)34-11-15-41-16-12-34/h2-8,17-19,37-38H,9-16H2,1H3,(H,31,32)(H,33,40). The summed E-state index contributed by atoms with van der Waals surface area (Å²) in [7, 11) is 0. The van der Waals surface area contributed by atoms with Gasteiger partial charge >= 0.3 is 6.03 Å². The van der Waals surface area contributed by atoms with Crippen LogP contribution in [0.4, 0.5) is 22.0 Å². The van der Waals surface area contributed by atoms with Crippen molar-refractivity contribution in [2.45, 2.75) is 6.92 Å². The molecule has 0 atom stereocenters. The quantitative estimate of drug-likeness (QED) is 0.245. The number of nitrogens with zero attached hydrogens (tertiary/aromatic N) is 5. The summed E-state index contributed by atoms with van der Waals surface area (Å²) >= 11 is 0. The Bertz CT molecular complexity index is 1510. The van der Waals surface area contributed by atoms with E-state index in [1.807, 2.05) is 48.0 Å². The number of aromatic nitrogens is 3. The monoisotopic (exact) mass is 559 g/mol. The lowest BCUT2D eigenvalue weighted by Gasteiger charge is -2.26. The van der Waals surface area contributed by atoms with E-state index in [-0.39, 0.29) is 32.2 Å². The highest BCUT2D eigenvalue weighted by Gasteiger charge is 2.19. The Morgan fingerprint density at radius 1 is 1.05 bits per heavy atom. The van der Waals surface area contributed by atoms with Gasteiger partial charge < -0.3 is 39.8 Å². The number of ether oxygens (including phenoxy) is 1. The molecule has 0 spiro atoms. The maximum absolute atomic E-state index is 12.8. The van der Waals surface area contributed by atoms with Gasteiger partial charge in [-0.3, -0.25) is 4.79 Å². The first-order chi connectivity index (χ1) is 20.0. The Labute approximate surface area is 237 Å². The highest BCUT2D eigenvalue weighted by molar-refractivity contribution is 5.94. The zero-order chi connectivity index (χ0) is 28.8. The molecule has 3 amide bonds. The van der Waals surface area contributed by atoms with Gasteiger partial charge in [0.1, 0.15) is 5.82 Å². The molecule has 12 heteroatoms. The summed E-state index contributed by atoms with van der Waals surface area (Å²) in [6, 6.07) is 10.7. The Balaban J connectivity index is 1.39. The highest BCUT2D eigenvalue weighted by Crippen LogP contribution is 2.32. The van der Waals surface area contributed by atoms with Crippen molar-refractivity contribution in [3.8, 4) is 11.1 Å². The van der Waals surface area contributed by atoms with Gasteiger partial charge in [0.15, 0.2) is 5.65 Å². The van der Waals surface area contributed by atoms with Gasteiger partial charge in [-0.25, -0.2) is 14.8 Å². The second-order valence-corrected chi connectivity index (χ2v) is 9.60. The average Bonchev–Trinajstić information content (AvgIpc) is 3.48. The number of anilines is 3. The number of hydrogen-bond acceptors (Lipinski definition) is 8. The van der Waals surface area contributed by atoms with Gasteiger partial charge in [-0.05, 0) is 42.3 Å². The fourth-order valence-electron chi connectivity index (χ4n) is 4.79. The lowest BCUT2D eigenvalue weighted by molar-refractivity contribution is 0.0302. The summed E-state index contributed by atoms with van der Waals surface area (Å²) < 4.78 is 7.24. The van der Waals surface area contributed by atoms with E-state index >= 15 is 0 Å². The number of rotatable bonds is 9. The number of amides is 3. The fraction of sp³-hybridized carbons (Fsp3) is 0.310. The number of carbonyl (C=O) groups excluding carboxylic acids is 2. The number of carbonyl (C=O) groups is 2. The SMILES string of the molecule is Cc1c(NC(=O)N(CCO)CCO)cccc1-c1cc(Nc2ccc(C(=O)N3CCOCC3)cn2)c2nccn2c1. The fourth-order valence-corrected chi connectivity index (χ4v) is 4.79. The summed E-state index contributed by atoms with van der Waals surface area (Å²) in [6.45, 7) is 3.97. The molecule has 5 rings (SSSR count). The lowest BCUT2D eigenvalue weighted by Crippen LogP contribution is -2.40. The molecule has 0 saturated carbocycles. The number of hydrogen-bond donors (Lipinski definition) is 4. The molecule has 0 radical (unpaired) electrons. The number of pyridine rings is 2. The van der Waals surface area contributed by atoms with Crippen LogP contribution >= 0.6 is 0 Å². The van der Waals surface area contributed by atoms with Gasteiger partial charge in [-0.15, -0.1) is 0 Å². The second kappa shape index (κ2) is 12.8. The van der Waals surface area contributed by atoms with Gasteiger partial charge in [0.2, 0.25) is 0 Å². The third kappa shape index (κ3) is 6.30. The number of benzene rings is 1. The molecule has 3 aromatic heterocycles. The van der Waals surface area contributed by atoms with E-state index in [1.54, 1.807) is 29.4 Å². The highest BCUT2D eigenvalue weighted by atomic mass is 16.5. The Kier molecular flexibility index (Phi) is 8.73. The zero-order valence-corrected chi connectivity index (χ0v) is 22.8. The van der Waals surface area contributed by atoms with Crippen molar-refractivity contribution < 1.29 is 24.5 Å². The first-order valence-electron chi connectivity index (χ1n) is 13.4. The summed E-state index contributed by atoms with van der Waals surface area (Å²) in [6.07, 6.45) is 7.09. The number of aliphatic hydroxyl groups is 2. The minimum Gasteiger partial charge on any atom is -0.395 e. The van der Waals surface area contributed by atoms with Crippen molar-refractivity contribution in [3.05, 3.63) is 72.3 Å². The molecule has 1 aromatic carbocycles.